The molecule has 0 fully saturated rings. The van der Waals surface area contributed by atoms with Crippen LogP contribution in [0.25, 0.3) is 0 Å². The van der Waals surface area contributed by atoms with Gasteiger partial charge < -0.3 is 24.9 Å². The van der Waals surface area contributed by atoms with E-state index in [-0.39, 0.29) is 24.2 Å². The zero-order valence-electron chi connectivity index (χ0n) is 10.2. The van der Waals surface area contributed by atoms with Crippen molar-refractivity contribution >= 4 is 17.7 Å². The molecule has 0 aromatic rings. The van der Waals surface area contributed by atoms with Crippen molar-refractivity contribution in [3.05, 3.63) is 11.3 Å². The van der Waals surface area contributed by atoms with Gasteiger partial charge in [-0.1, -0.05) is 13.8 Å². The number of carbonyl (C=O) groups excluding carboxylic acids is 3. The monoisotopic (exact) mass is 254 g/mol. The van der Waals surface area contributed by atoms with Crippen LogP contribution in [0.2, 0.25) is 0 Å². The summed E-state index contributed by atoms with van der Waals surface area (Å²) in [4.78, 5) is 33.2. The van der Waals surface area contributed by atoms with E-state index in [2.05, 4.69) is 0 Å². The summed E-state index contributed by atoms with van der Waals surface area (Å²) in [6.07, 6.45) is -0.692. The topological polar surface area (TPSA) is 118 Å². The first kappa shape index (κ1) is 14.2. The average Bonchev–Trinajstić information content (AvgIpc) is 2.11. The van der Waals surface area contributed by atoms with E-state index in [1.54, 1.807) is 13.8 Å². The Morgan fingerprint density at radius 3 is 2.28 bits per heavy atom. The fourth-order valence-electron chi connectivity index (χ4n) is 2.17. The molecule has 0 aliphatic heterocycles. The number of carboxylic acids is 2. The molecule has 0 aromatic heterocycles. The van der Waals surface area contributed by atoms with E-state index in [1.165, 1.54) is 0 Å². The van der Waals surface area contributed by atoms with Crippen LogP contribution in [0.1, 0.15) is 33.1 Å². The van der Waals surface area contributed by atoms with Crippen molar-refractivity contribution in [3.63, 3.8) is 0 Å². The Bertz CT molecular complexity index is 432. The first-order valence-corrected chi connectivity index (χ1v) is 5.50. The predicted octanol–water partition coefficient (Wildman–Crippen LogP) is -1.31. The van der Waals surface area contributed by atoms with E-state index in [0.29, 0.717) is 0 Å². The highest BCUT2D eigenvalue weighted by Gasteiger charge is 2.36. The van der Waals surface area contributed by atoms with Crippen LogP contribution in [0, 0.1) is 11.3 Å². The summed E-state index contributed by atoms with van der Waals surface area (Å²) < 4.78 is 0. The lowest BCUT2D eigenvalue weighted by molar-refractivity contribution is -0.319. The van der Waals surface area contributed by atoms with E-state index in [4.69, 9.17) is 0 Å². The molecule has 0 unspecified atom stereocenters. The normalized spacial score (nSPS) is 20.7. The van der Waals surface area contributed by atoms with Gasteiger partial charge in [-0.3, -0.25) is 4.79 Å². The largest absolute Gasteiger partial charge is 0.550 e. The van der Waals surface area contributed by atoms with Crippen molar-refractivity contribution in [2.75, 3.05) is 0 Å². The van der Waals surface area contributed by atoms with Crippen LogP contribution in [0.4, 0.5) is 0 Å². The van der Waals surface area contributed by atoms with Gasteiger partial charge in [0.2, 0.25) is 0 Å². The number of rotatable bonds is 4. The van der Waals surface area contributed by atoms with Gasteiger partial charge in [0.15, 0.2) is 5.78 Å². The van der Waals surface area contributed by atoms with Gasteiger partial charge in [0.1, 0.15) is 5.76 Å². The third kappa shape index (κ3) is 3.09. The lowest BCUT2D eigenvalue weighted by atomic mass is 9.73. The first-order chi connectivity index (χ1) is 8.14. The molecule has 6 heteroatoms. The maximum atomic E-state index is 11.8. The Labute approximate surface area is 104 Å². The van der Waals surface area contributed by atoms with Crippen molar-refractivity contribution < 1.29 is 29.7 Å². The van der Waals surface area contributed by atoms with Gasteiger partial charge in [0, 0.05) is 36.3 Å². The van der Waals surface area contributed by atoms with Gasteiger partial charge in [-0.15, -0.1) is 0 Å². The lowest BCUT2D eigenvalue weighted by Crippen LogP contribution is -2.41. The molecule has 1 atom stereocenters. The van der Waals surface area contributed by atoms with Crippen molar-refractivity contribution in [1.29, 1.82) is 0 Å². The summed E-state index contributed by atoms with van der Waals surface area (Å²) in [5, 5.41) is 31.1. The number of carboxylic acid groups (broad SMARTS) is 2. The predicted molar refractivity (Wildman–Crippen MR) is 55.8 cm³/mol. The number of aliphatic hydroxyl groups is 1. The smallest absolute Gasteiger partial charge is 0.163 e. The maximum absolute atomic E-state index is 11.8. The van der Waals surface area contributed by atoms with Crippen LogP contribution in [0.3, 0.4) is 0 Å². The number of aliphatic carboxylic acids is 2. The summed E-state index contributed by atoms with van der Waals surface area (Å²) in [7, 11) is 0. The van der Waals surface area contributed by atoms with Gasteiger partial charge in [0.25, 0.3) is 0 Å². The van der Waals surface area contributed by atoms with Crippen LogP contribution >= 0.6 is 0 Å². The van der Waals surface area contributed by atoms with Gasteiger partial charge in [-0.2, -0.15) is 0 Å². The Balaban J connectivity index is 3.15. The number of Topliss-reactive ketones (excluding diaryl/α,β-unsaturated/α-hetero) is 1. The number of ketones is 1. The Kier molecular flexibility index (Phi) is 3.79. The van der Waals surface area contributed by atoms with Crippen LogP contribution in [0.15, 0.2) is 11.3 Å². The summed E-state index contributed by atoms with van der Waals surface area (Å²) in [6.45, 7) is 3.51. The van der Waals surface area contributed by atoms with E-state index in [1.807, 2.05) is 0 Å². The molecule has 0 saturated heterocycles. The van der Waals surface area contributed by atoms with Crippen LogP contribution in [-0.4, -0.2) is 22.8 Å². The Morgan fingerprint density at radius 2 is 1.89 bits per heavy atom. The number of hydrogen-bond acceptors (Lipinski definition) is 6. The third-order valence-electron chi connectivity index (χ3n) is 2.90. The van der Waals surface area contributed by atoms with Gasteiger partial charge in [-0.25, -0.2) is 0 Å². The van der Waals surface area contributed by atoms with Crippen LogP contribution < -0.4 is 10.2 Å². The minimum absolute atomic E-state index is 0.0588. The molecule has 0 bridgehead atoms. The standard InChI is InChI=1S/C12H16O6/c1-12(2)4-7(13)10(8(14)5-12)6(11(17)18)3-9(15)16/h6,13H,3-5H2,1-2H3,(H,15,16)(H,17,18)/p-2/t6-/m0/s1. The van der Waals surface area contributed by atoms with Gasteiger partial charge in [-0.05, 0) is 11.8 Å². The second kappa shape index (κ2) is 4.80. The molecular formula is C12H14O6-2. The zero-order valence-corrected chi connectivity index (χ0v) is 10.2. The first-order valence-electron chi connectivity index (χ1n) is 5.50. The third-order valence-corrected chi connectivity index (χ3v) is 2.90. The molecule has 100 valence electrons. The lowest BCUT2D eigenvalue weighted by Gasteiger charge is -2.33. The molecule has 0 spiro atoms. The Morgan fingerprint density at radius 1 is 1.33 bits per heavy atom. The van der Waals surface area contributed by atoms with Crippen LogP contribution in [-0.2, 0) is 14.4 Å². The van der Waals surface area contributed by atoms with Crippen molar-refractivity contribution in [2.45, 2.75) is 33.1 Å². The second-order valence-corrected chi connectivity index (χ2v) is 5.25. The molecule has 1 N–H and O–H groups in total. The number of hydrogen-bond donors (Lipinski definition) is 1. The van der Waals surface area contributed by atoms with Crippen molar-refractivity contribution in [3.8, 4) is 0 Å². The average molecular weight is 254 g/mol. The van der Waals surface area contributed by atoms with E-state index in [9.17, 15) is 29.7 Å². The highest BCUT2D eigenvalue weighted by molar-refractivity contribution is 6.02. The van der Waals surface area contributed by atoms with Crippen LogP contribution in [0.5, 0.6) is 0 Å². The van der Waals surface area contributed by atoms with Crippen molar-refractivity contribution in [1.82, 2.24) is 0 Å². The highest BCUT2D eigenvalue weighted by atomic mass is 16.4. The SMILES string of the molecule is CC1(C)CC(=O)C([C@H](CC(=O)[O-])C(=O)[O-])=C(O)C1. The molecule has 0 amide bonds. The van der Waals surface area contributed by atoms with Crippen molar-refractivity contribution in [2.24, 2.45) is 11.3 Å². The quantitative estimate of drug-likeness (QED) is 0.665. The molecule has 0 heterocycles. The molecule has 1 rings (SSSR count). The summed E-state index contributed by atoms with van der Waals surface area (Å²) in [5.74, 6) is -5.89. The fraction of sp³-hybridized carbons (Fsp3) is 0.583. The zero-order chi connectivity index (χ0) is 14.1. The fourth-order valence-corrected chi connectivity index (χ4v) is 2.17. The highest BCUT2D eigenvalue weighted by Crippen LogP contribution is 2.38. The van der Waals surface area contributed by atoms with E-state index < -0.39 is 35.5 Å². The van der Waals surface area contributed by atoms with Gasteiger partial charge >= 0.3 is 0 Å². The summed E-state index contributed by atoms with van der Waals surface area (Å²) in [6, 6.07) is 0. The number of carbonyl (C=O) groups is 3. The minimum Gasteiger partial charge on any atom is -0.550 e. The number of allylic oxidation sites excluding steroid dienone is 1. The molecule has 6 nitrogen and oxygen atoms in total. The summed E-state index contributed by atoms with van der Waals surface area (Å²) >= 11 is 0. The Hall–Kier alpha value is -1.85. The van der Waals surface area contributed by atoms with E-state index in [0.717, 1.165) is 0 Å². The summed E-state index contributed by atoms with van der Waals surface area (Å²) in [5.41, 5.74) is -0.832. The molecule has 0 aromatic carbocycles. The molecular weight excluding hydrogens is 240 g/mol. The van der Waals surface area contributed by atoms with Gasteiger partial charge in [0.05, 0.1) is 0 Å². The minimum atomic E-state index is -1.70. The molecule has 1 aliphatic carbocycles. The van der Waals surface area contributed by atoms with E-state index >= 15 is 0 Å². The number of aliphatic hydroxyl groups excluding tert-OH is 1. The molecule has 18 heavy (non-hydrogen) atoms. The molecule has 1 aliphatic rings. The molecule has 0 radical (unpaired) electrons. The second-order valence-electron chi connectivity index (χ2n) is 5.25. The maximum Gasteiger partial charge on any atom is 0.163 e. The molecule has 0 saturated carbocycles.